The largest absolute Gasteiger partial charge is 0.467 e. The van der Waals surface area contributed by atoms with Crippen LogP contribution < -0.4 is 0 Å². The second kappa shape index (κ2) is 4.15. The lowest BCUT2D eigenvalue weighted by Crippen LogP contribution is -2.50. The summed E-state index contributed by atoms with van der Waals surface area (Å²) in [7, 11) is 0.917. The molecule has 18 heavy (non-hydrogen) atoms. The standard InChI is InChI=1S/C11H9F3O3S/c1-17-9(16)10(11(12,13)14)4-6-2-8(15)3-7(6)5-18-10/h3-4H,2,5H2,1H3. The molecule has 0 spiro atoms. The summed E-state index contributed by atoms with van der Waals surface area (Å²) in [4.78, 5) is 22.7. The first-order chi connectivity index (χ1) is 8.30. The summed E-state index contributed by atoms with van der Waals surface area (Å²) in [5, 5.41) is 0. The molecule has 0 aromatic heterocycles. The molecule has 98 valence electrons. The fourth-order valence-corrected chi connectivity index (χ4v) is 3.19. The molecule has 0 saturated carbocycles. The van der Waals surface area contributed by atoms with E-state index < -0.39 is 16.9 Å². The molecule has 0 N–H and O–H groups in total. The third kappa shape index (κ3) is 1.86. The molecule has 1 atom stereocenters. The van der Waals surface area contributed by atoms with E-state index in [2.05, 4.69) is 4.74 Å². The van der Waals surface area contributed by atoms with Gasteiger partial charge < -0.3 is 4.74 Å². The van der Waals surface area contributed by atoms with Gasteiger partial charge >= 0.3 is 12.1 Å². The van der Waals surface area contributed by atoms with Crippen molar-refractivity contribution in [1.82, 2.24) is 0 Å². The molecular weight excluding hydrogens is 269 g/mol. The third-order valence-corrected chi connectivity index (χ3v) is 4.28. The molecule has 2 aliphatic rings. The van der Waals surface area contributed by atoms with E-state index in [4.69, 9.17) is 0 Å². The minimum Gasteiger partial charge on any atom is -0.467 e. The number of halogens is 3. The highest BCUT2D eigenvalue weighted by Gasteiger charge is 2.62. The Hall–Kier alpha value is -1.24. The molecule has 1 aliphatic heterocycles. The van der Waals surface area contributed by atoms with Gasteiger partial charge in [-0.15, -0.1) is 11.8 Å². The molecule has 0 bridgehead atoms. The van der Waals surface area contributed by atoms with Gasteiger partial charge in [0.15, 0.2) is 5.78 Å². The number of methoxy groups -OCH3 is 1. The van der Waals surface area contributed by atoms with Crippen LogP contribution in [0.15, 0.2) is 23.3 Å². The zero-order valence-electron chi connectivity index (χ0n) is 9.34. The quantitative estimate of drug-likeness (QED) is 0.688. The van der Waals surface area contributed by atoms with Crippen molar-refractivity contribution in [2.45, 2.75) is 17.3 Å². The molecule has 0 saturated heterocycles. The van der Waals surface area contributed by atoms with Crippen molar-refractivity contribution in [3.8, 4) is 0 Å². The smallest absolute Gasteiger partial charge is 0.417 e. The fraction of sp³-hybridized carbons (Fsp3) is 0.455. The van der Waals surface area contributed by atoms with Crippen molar-refractivity contribution in [1.29, 1.82) is 0 Å². The van der Waals surface area contributed by atoms with E-state index >= 15 is 0 Å². The number of hydrogen-bond acceptors (Lipinski definition) is 4. The molecule has 3 nitrogen and oxygen atoms in total. The fourth-order valence-electron chi connectivity index (χ4n) is 1.94. The molecule has 7 heteroatoms. The summed E-state index contributed by atoms with van der Waals surface area (Å²) in [6.07, 6.45) is -2.68. The van der Waals surface area contributed by atoms with Crippen LogP contribution in [-0.4, -0.2) is 35.5 Å². The van der Waals surface area contributed by atoms with E-state index in [1.165, 1.54) is 6.08 Å². The van der Waals surface area contributed by atoms with Crippen LogP contribution in [0.3, 0.4) is 0 Å². The Labute approximate surface area is 105 Å². The Morgan fingerprint density at radius 1 is 1.44 bits per heavy atom. The van der Waals surface area contributed by atoms with Crippen molar-refractivity contribution in [2.75, 3.05) is 12.9 Å². The molecule has 0 aromatic rings. The van der Waals surface area contributed by atoms with E-state index in [-0.39, 0.29) is 23.5 Å². The monoisotopic (exact) mass is 278 g/mol. The number of allylic oxidation sites excluding steroid dienone is 2. The van der Waals surface area contributed by atoms with Crippen LogP contribution in [0, 0.1) is 0 Å². The van der Waals surface area contributed by atoms with E-state index in [9.17, 15) is 22.8 Å². The summed E-state index contributed by atoms with van der Waals surface area (Å²) in [6.45, 7) is 0. The third-order valence-electron chi connectivity index (χ3n) is 2.85. The predicted octanol–water partition coefficient (Wildman–Crippen LogP) is 2.03. The van der Waals surface area contributed by atoms with Crippen molar-refractivity contribution in [2.24, 2.45) is 0 Å². The van der Waals surface area contributed by atoms with Gasteiger partial charge in [0.1, 0.15) is 0 Å². The number of ether oxygens (including phenoxy) is 1. The topological polar surface area (TPSA) is 43.4 Å². The lowest BCUT2D eigenvalue weighted by Gasteiger charge is -2.33. The van der Waals surface area contributed by atoms with Crippen LogP contribution in [-0.2, 0) is 14.3 Å². The van der Waals surface area contributed by atoms with Gasteiger partial charge in [0, 0.05) is 12.2 Å². The number of fused-ring (bicyclic) bond motifs is 1. The maximum Gasteiger partial charge on any atom is 0.417 e. The van der Waals surface area contributed by atoms with Gasteiger partial charge in [0.05, 0.1) is 7.11 Å². The van der Waals surface area contributed by atoms with E-state index in [1.807, 2.05) is 0 Å². The van der Waals surface area contributed by atoms with Gasteiger partial charge in [-0.25, -0.2) is 4.79 Å². The summed E-state index contributed by atoms with van der Waals surface area (Å²) in [6, 6.07) is 0. The maximum absolute atomic E-state index is 13.1. The number of hydrogen-bond donors (Lipinski definition) is 0. The molecule has 0 amide bonds. The summed E-state index contributed by atoms with van der Waals surface area (Å²) in [5.74, 6) is -1.61. The average Bonchev–Trinajstić information content (AvgIpc) is 2.64. The second-order valence-corrected chi connectivity index (χ2v) is 5.22. The number of rotatable bonds is 1. The second-order valence-electron chi connectivity index (χ2n) is 4.00. The van der Waals surface area contributed by atoms with Crippen LogP contribution in [0.2, 0.25) is 0 Å². The first kappa shape index (κ1) is 13.2. The molecule has 1 heterocycles. The van der Waals surface area contributed by atoms with Crippen LogP contribution in [0.5, 0.6) is 0 Å². The van der Waals surface area contributed by atoms with E-state index in [1.54, 1.807) is 0 Å². The van der Waals surface area contributed by atoms with Crippen LogP contribution >= 0.6 is 11.8 Å². The minimum absolute atomic E-state index is 0.0216. The number of carbonyl (C=O) groups excluding carboxylic acids is 2. The number of thioether (sulfide) groups is 1. The molecule has 2 rings (SSSR count). The zero-order chi connectivity index (χ0) is 13.6. The van der Waals surface area contributed by atoms with Crippen molar-refractivity contribution in [3.05, 3.63) is 23.3 Å². The van der Waals surface area contributed by atoms with Crippen molar-refractivity contribution >= 4 is 23.5 Å². The first-order valence-corrected chi connectivity index (χ1v) is 6.03. The number of esters is 1. The van der Waals surface area contributed by atoms with Gasteiger partial charge in [-0.3, -0.25) is 4.79 Å². The molecule has 0 fully saturated rings. The van der Waals surface area contributed by atoms with Gasteiger partial charge in [0.2, 0.25) is 4.75 Å². The van der Waals surface area contributed by atoms with Crippen LogP contribution in [0.1, 0.15) is 6.42 Å². The average molecular weight is 278 g/mol. The highest BCUT2D eigenvalue weighted by atomic mass is 32.2. The zero-order valence-corrected chi connectivity index (χ0v) is 10.2. The SMILES string of the molecule is COC(=O)C1(C(F)(F)F)C=C2CC(=O)C=C2CS1. The number of alkyl halides is 3. The lowest BCUT2D eigenvalue weighted by molar-refractivity contribution is -0.177. The maximum atomic E-state index is 13.1. The van der Waals surface area contributed by atoms with Crippen molar-refractivity contribution < 1.29 is 27.5 Å². The van der Waals surface area contributed by atoms with Gasteiger partial charge in [0.25, 0.3) is 0 Å². The van der Waals surface area contributed by atoms with Crippen LogP contribution in [0.4, 0.5) is 13.2 Å². The Bertz CT molecular complexity index is 478. The molecule has 0 aromatic carbocycles. The lowest BCUT2D eigenvalue weighted by atomic mass is 9.99. The molecule has 1 aliphatic carbocycles. The van der Waals surface area contributed by atoms with Gasteiger partial charge in [-0.2, -0.15) is 13.2 Å². The Morgan fingerprint density at radius 2 is 2.11 bits per heavy atom. The highest BCUT2D eigenvalue weighted by Crippen LogP contribution is 2.50. The van der Waals surface area contributed by atoms with E-state index in [0.717, 1.165) is 13.2 Å². The minimum atomic E-state index is -4.76. The van der Waals surface area contributed by atoms with Gasteiger partial charge in [-0.05, 0) is 23.3 Å². The Kier molecular flexibility index (Phi) is 3.04. The number of carbonyl (C=O) groups is 2. The summed E-state index contributed by atoms with van der Waals surface area (Å²) in [5.41, 5.74) is 0.843. The Morgan fingerprint density at radius 3 is 2.67 bits per heavy atom. The van der Waals surface area contributed by atoms with Crippen LogP contribution in [0.25, 0.3) is 0 Å². The summed E-state index contributed by atoms with van der Waals surface area (Å²) < 4.78 is 40.9. The van der Waals surface area contributed by atoms with E-state index in [0.29, 0.717) is 17.3 Å². The first-order valence-electron chi connectivity index (χ1n) is 5.05. The highest BCUT2D eigenvalue weighted by molar-refractivity contribution is 8.01. The predicted molar refractivity (Wildman–Crippen MR) is 59.1 cm³/mol. The van der Waals surface area contributed by atoms with Crippen molar-refractivity contribution in [3.63, 3.8) is 0 Å². The molecule has 0 radical (unpaired) electrons. The van der Waals surface area contributed by atoms with Gasteiger partial charge in [-0.1, -0.05) is 0 Å². The normalized spacial score (nSPS) is 27.4. The Balaban J connectivity index is 2.50. The number of ketones is 1. The molecular formula is C11H9F3O3S. The molecule has 1 unspecified atom stereocenters. The summed E-state index contributed by atoms with van der Waals surface area (Å²) >= 11 is 0.432.